The van der Waals surface area contributed by atoms with E-state index in [2.05, 4.69) is 15.6 Å². The molecule has 0 aliphatic rings. The predicted octanol–water partition coefficient (Wildman–Crippen LogP) is 1.47. The summed E-state index contributed by atoms with van der Waals surface area (Å²) in [4.78, 5) is 15.9. The topological polar surface area (TPSA) is 63.2 Å². The van der Waals surface area contributed by atoms with Gasteiger partial charge in [0.2, 0.25) is 5.91 Å². The van der Waals surface area contributed by atoms with Gasteiger partial charge in [0.1, 0.15) is 0 Å². The number of aromatic nitrogens is 1. The molecule has 2 aromatic rings. The van der Waals surface area contributed by atoms with Crippen LogP contribution in [0, 0.1) is 0 Å². The highest BCUT2D eigenvalue weighted by molar-refractivity contribution is 7.22. The normalized spacial score (nSPS) is 10.7. The van der Waals surface area contributed by atoms with Gasteiger partial charge in [-0.1, -0.05) is 23.5 Å². The number of para-hydroxylation sites is 1. The number of fused-ring (bicyclic) bond motifs is 1. The SMILES string of the molecule is COCCNCC(=O)Nc1nc2ccccc2s1. The maximum Gasteiger partial charge on any atom is 0.240 e. The molecule has 1 aromatic heterocycles. The van der Waals surface area contributed by atoms with Crippen molar-refractivity contribution in [1.82, 2.24) is 10.3 Å². The van der Waals surface area contributed by atoms with Crippen LogP contribution in [0.1, 0.15) is 0 Å². The molecule has 0 saturated carbocycles. The number of methoxy groups -OCH3 is 1. The molecule has 18 heavy (non-hydrogen) atoms. The van der Waals surface area contributed by atoms with E-state index in [1.54, 1.807) is 7.11 Å². The van der Waals surface area contributed by atoms with Crippen molar-refractivity contribution in [1.29, 1.82) is 0 Å². The molecule has 1 aromatic carbocycles. The molecule has 96 valence electrons. The van der Waals surface area contributed by atoms with Gasteiger partial charge in [-0.25, -0.2) is 4.98 Å². The van der Waals surface area contributed by atoms with E-state index >= 15 is 0 Å². The van der Waals surface area contributed by atoms with Crippen molar-refractivity contribution < 1.29 is 9.53 Å². The van der Waals surface area contributed by atoms with Crippen LogP contribution in [0.4, 0.5) is 5.13 Å². The van der Waals surface area contributed by atoms with Crippen LogP contribution in [0.3, 0.4) is 0 Å². The number of thiazole rings is 1. The van der Waals surface area contributed by atoms with E-state index in [4.69, 9.17) is 4.74 Å². The summed E-state index contributed by atoms with van der Waals surface area (Å²) in [5.74, 6) is -0.0924. The Bertz CT molecular complexity index is 494. The summed E-state index contributed by atoms with van der Waals surface area (Å²) in [6.07, 6.45) is 0. The lowest BCUT2D eigenvalue weighted by Crippen LogP contribution is -2.30. The molecule has 0 unspecified atom stereocenters. The number of ether oxygens (including phenoxy) is 1. The highest BCUT2D eigenvalue weighted by atomic mass is 32.1. The van der Waals surface area contributed by atoms with Gasteiger partial charge in [-0.15, -0.1) is 0 Å². The number of nitrogens with one attached hydrogen (secondary N) is 2. The number of benzene rings is 1. The number of nitrogens with zero attached hydrogens (tertiary/aromatic N) is 1. The zero-order valence-corrected chi connectivity index (χ0v) is 10.9. The predicted molar refractivity (Wildman–Crippen MR) is 73.0 cm³/mol. The van der Waals surface area contributed by atoms with Gasteiger partial charge < -0.3 is 15.4 Å². The molecule has 2 rings (SSSR count). The summed E-state index contributed by atoms with van der Waals surface area (Å²) in [6, 6.07) is 7.80. The molecule has 5 nitrogen and oxygen atoms in total. The summed E-state index contributed by atoms with van der Waals surface area (Å²) in [6.45, 7) is 1.51. The third kappa shape index (κ3) is 3.49. The Morgan fingerprint density at radius 1 is 1.44 bits per heavy atom. The molecule has 0 aliphatic carbocycles. The summed E-state index contributed by atoms with van der Waals surface area (Å²) < 4.78 is 5.95. The third-order valence-corrected chi connectivity index (χ3v) is 3.26. The molecule has 1 amide bonds. The molecule has 0 saturated heterocycles. The molecule has 0 radical (unpaired) electrons. The van der Waals surface area contributed by atoms with Crippen LogP contribution in [0.5, 0.6) is 0 Å². The Kier molecular flexibility index (Phi) is 4.63. The lowest BCUT2D eigenvalue weighted by Gasteiger charge is -2.03. The highest BCUT2D eigenvalue weighted by Gasteiger charge is 2.06. The van der Waals surface area contributed by atoms with Crippen LogP contribution >= 0.6 is 11.3 Å². The van der Waals surface area contributed by atoms with Crippen molar-refractivity contribution >= 4 is 32.6 Å². The fourth-order valence-corrected chi connectivity index (χ4v) is 2.35. The Hall–Kier alpha value is -1.50. The zero-order valence-electron chi connectivity index (χ0n) is 10.1. The van der Waals surface area contributed by atoms with Gasteiger partial charge >= 0.3 is 0 Å². The van der Waals surface area contributed by atoms with Crippen molar-refractivity contribution in [2.45, 2.75) is 0 Å². The first-order valence-corrected chi connectivity index (χ1v) is 6.46. The van der Waals surface area contributed by atoms with Crippen molar-refractivity contribution in [3.05, 3.63) is 24.3 Å². The van der Waals surface area contributed by atoms with Crippen LogP contribution in [-0.4, -0.2) is 37.7 Å². The van der Waals surface area contributed by atoms with Crippen LogP contribution in [-0.2, 0) is 9.53 Å². The Morgan fingerprint density at radius 2 is 2.28 bits per heavy atom. The van der Waals surface area contributed by atoms with Gasteiger partial charge in [-0.05, 0) is 12.1 Å². The molecule has 0 bridgehead atoms. The van der Waals surface area contributed by atoms with Gasteiger partial charge in [-0.3, -0.25) is 4.79 Å². The molecule has 2 N–H and O–H groups in total. The number of hydrogen-bond acceptors (Lipinski definition) is 5. The minimum absolute atomic E-state index is 0.0924. The summed E-state index contributed by atoms with van der Waals surface area (Å²) >= 11 is 1.47. The van der Waals surface area contributed by atoms with Crippen molar-refractivity contribution in [3.63, 3.8) is 0 Å². The number of rotatable bonds is 6. The lowest BCUT2D eigenvalue weighted by molar-refractivity contribution is -0.115. The molecule has 0 aliphatic heterocycles. The van der Waals surface area contributed by atoms with E-state index < -0.39 is 0 Å². The van der Waals surface area contributed by atoms with E-state index in [1.165, 1.54) is 11.3 Å². The molecule has 1 heterocycles. The lowest BCUT2D eigenvalue weighted by atomic mass is 10.3. The fraction of sp³-hybridized carbons (Fsp3) is 0.333. The maximum absolute atomic E-state index is 11.6. The standard InChI is InChI=1S/C12H15N3O2S/c1-17-7-6-13-8-11(16)15-12-14-9-4-2-3-5-10(9)18-12/h2-5,13H,6-8H2,1H3,(H,14,15,16). The Labute approximate surface area is 109 Å². The largest absolute Gasteiger partial charge is 0.383 e. The van der Waals surface area contributed by atoms with E-state index in [-0.39, 0.29) is 12.5 Å². The monoisotopic (exact) mass is 265 g/mol. The second-order valence-corrected chi connectivity index (χ2v) is 4.74. The van der Waals surface area contributed by atoms with Crippen LogP contribution < -0.4 is 10.6 Å². The molecular weight excluding hydrogens is 250 g/mol. The molecule has 0 spiro atoms. The molecule has 0 atom stereocenters. The van der Waals surface area contributed by atoms with E-state index in [0.717, 1.165) is 10.2 Å². The third-order valence-electron chi connectivity index (χ3n) is 2.31. The van der Waals surface area contributed by atoms with E-state index in [0.29, 0.717) is 18.3 Å². The average Bonchev–Trinajstić information content (AvgIpc) is 2.76. The quantitative estimate of drug-likeness (QED) is 0.776. The van der Waals surface area contributed by atoms with Gasteiger partial charge in [-0.2, -0.15) is 0 Å². The number of amides is 1. The molecular formula is C12H15N3O2S. The van der Waals surface area contributed by atoms with Crippen molar-refractivity contribution in [3.8, 4) is 0 Å². The minimum atomic E-state index is -0.0924. The van der Waals surface area contributed by atoms with Gasteiger partial charge in [0.25, 0.3) is 0 Å². The molecule has 6 heteroatoms. The van der Waals surface area contributed by atoms with Crippen LogP contribution in [0.15, 0.2) is 24.3 Å². The van der Waals surface area contributed by atoms with E-state index in [9.17, 15) is 4.79 Å². The first kappa shape index (κ1) is 12.9. The Balaban J connectivity index is 1.86. The first-order chi connectivity index (χ1) is 8.79. The minimum Gasteiger partial charge on any atom is -0.383 e. The Morgan fingerprint density at radius 3 is 3.06 bits per heavy atom. The van der Waals surface area contributed by atoms with Crippen molar-refractivity contribution in [2.24, 2.45) is 0 Å². The van der Waals surface area contributed by atoms with Crippen LogP contribution in [0.25, 0.3) is 10.2 Å². The number of hydrogen-bond donors (Lipinski definition) is 2. The van der Waals surface area contributed by atoms with Crippen molar-refractivity contribution in [2.75, 3.05) is 32.1 Å². The summed E-state index contributed by atoms with van der Waals surface area (Å²) in [5.41, 5.74) is 0.908. The molecule has 0 fully saturated rings. The summed E-state index contributed by atoms with van der Waals surface area (Å²) in [7, 11) is 1.63. The average molecular weight is 265 g/mol. The zero-order chi connectivity index (χ0) is 12.8. The first-order valence-electron chi connectivity index (χ1n) is 5.64. The number of anilines is 1. The van der Waals surface area contributed by atoms with Crippen LogP contribution in [0.2, 0.25) is 0 Å². The van der Waals surface area contributed by atoms with E-state index in [1.807, 2.05) is 24.3 Å². The number of carbonyl (C=O) groups excluding carboxylic acids is 1. The second-order valence-electron chi connectivity index (χ2n) is 3.70. The smallest absolute Gasteiger partial charge is 0.240 e. The fourth-order valence-electron chi connectivity index (χ4n) is 1.47. The maximum atomic E-state index is 11.6. The summed E-state index contributed by atoms with van der Waals surface area (Å²) in [5, 5.41) is 6.39. The number of carbonyl (C=O) groups is 1. The highest BCUT2D eigenvalue weighted by Crippen LogP contribution is 2.24. The second kappa shape index (κ2) is 6.44. The van der Waals surface area contributed by atoms with Gasteiger partial charge in [0.05, 0.1) is 23.4 Å². The van der Waals surface area contributed by atoms with Gasteiger partial charge in [0.15, 0.2) is 5.13 Å². The van der Waals surface area contributed by atoms with Gasteiger partial charge in [0, 0.05) is 13.7 Å².